The summed E-state index contributed by atoms with van der Waals surface area (Å²) in [6, 6.07) is 5.24. The predicted molar refractivity (Wildman–Crippen MR) is 72.8 cm³/mol. The third-order valence-electron chi connectivity index (χ3n) is 2.90. The van der Waals surface area contributed by atoms with Crippen LogP contribution in [0.3, 0.4) is 0 Å². The van der Waals surface area contributed by atoms with E-state index in [0.717, 1.165) is 0 Å². The molecule has 0 aliphatic carbocycles. The Labute approximate surface area is 113 Å². The monoisotopic (exact) mass is 267 g/mol. The van der Waals surface area contributed by atoms with Gasteiger partial charge in [0.05, 0.1) is 14.2 Å². The number of aliphatic hydroxyl groups is 1. The van der Waals surface area contributed by atoms with Crippen LogP contribution in [0.4, 0.5) is 0 Å². The summed E-state index contributed by atoms with van der Waals surface area (Å²) >= 11 is 0. The highest BCUT2D eigenvalue weighted by Crippen LogP contribution is 2.29. The molecule has 0 spiro atoms. The summed E-state index contributed by atoms with van der Waals surface area (Å²) in [6.07, 6.45) is 0.553. The minimum absolute atomic E-state index is 0.0623. The van der Waals surface area contributed by atoms with Gasteiger partial charge in [0.2, 0.25) is 0 Å². The van der Waals surface area contributed by atoms with E-state index >= 15 is 0 Å². The molecule has 0 atom stereocenters. The number of benzene rings is 1. The molecule has 106 valence electrons. The first-order valence-corrected chi connectivity index (χ1v) is 6.30. The molecule has 0 saturated heterocycles. The van der Waals surface area contributed by atoms with Crippen LogP contribution in [0.25, 0.3) is 0 Å². The first-order valence-electron chi connectivity index (χ1n) is 6.30. The molecular formula is C14H21NO4. The van der Waals surface area contributed by atoms with E-state index in [4.69, 9.17) is 14.6 Å². The molecule has 1 amide bonds. The Kier molecular flexibility index (Phi) is 6.15. The molecule has 0 radical (unpaired) electrons. The van der Waals surface area contributed by atoms with Gasteiger partial charge in [0.15, 0.2) is 0 Å². The zero-order valence-electron chi connectivity index (χ0n) is 11.7. The standard InChI is InChI=1S/C14H21NO4/c1-4-15(9-6-10-16)14(17)13-11(18-2)7-5-8-12(13)19-3/h5,7-8,16H,4,6,9-10H2,1-3H3. The van der Waals surface area contributed by atoms with Gasteiger partial charge in [-0.05, 0) is 25.5 Å². The van der Waals surface area contributed by atoms with E-state index in [1.165, 1.54) is 14.2 Å². The third kappa shape index (κ3) is 3.61. The SMILES string of the molecule is CCN(CCCO)C(=O)c1c(OC)cccc1OC. The van der Waals surface area contributed by atoms with Gasteiger partial charge in [-0.1, -0.05) is 6.07 Å². The number of aliphatic hydroxyl groups excluding tert-OH is 1. The van der Waals surface area contributed by atoms with Gasteiger partial charge in [-0.3, -0.25) is 4.79 Å². The number of amides is 1. The number of hydrogen-bond acceptors (Lipinski definition) is 4. The van der Waals surface area contributed by atoms with Gasteiger partial charge in [-0.25, -0.2) is 0 Å². The second-order valence-electron chi connectivity index (χ2n) is 4.00. The minimum Gasteiger partial charge on any atom is -0.496 e. The zero-order chi connectivity index (χ0) is 14.3. The van der Waals surface area contributed by atoms with Crippen molar-refractivity contribution in [2.45, 2.75) is 13.3 Å². The largest absolute Gasteiger partial charge is 0.496 e. The molecule has 1 rings (SSSR count). The topological polar surface area (TPSA) is 59.0 Å². The van der Waals surface area contributed by atoms with E-state index in [9.17, 15) is 4.79 Å². The van der Waals surface area contributed by atoms with E-state index in [0.29, 0.717) is 36.6 Å². The molecule has 0 fully saturated rings. The first-order chi connectivity index (χ1) is 9.19. The van der Waals surface area contributed by atoms with Crippen LogP contribution in [0.5, 0.6) is 11.5 Å². The molecule has 0 aromatic heterocycles. The highest BCUT2D eigenvalue weighted by atomic mass is 16.5. The van der Waals surface area contributed by atoms with Crippen LogP contribution in [-0.4, -0.2) is 49.8 Å². The molecule has 1 aromatic rings. The summed E-state index contributed by atoms with van der Waals surface area (Å²) in [6.45, 7) is 3.04. The van der Waals surface area contributed by atoms with Gasteiger partial charge in [-0.15, -0.1) is 0 Å². The van der Waals surface area contributed by atoms with Crippen molar-refractivity contribution in [3.05, 3.63) is 23.8 Å². The molecule has 5 nitrogen and oxygen atoms in total. The minimum atomic E-state index is -0.148. The second kappa shape index (κ2) is 7.63. The molecule has 19 heavy (non-hydrogen) atoms. The maximum absolute atomic E-state index is 12.5. The molecule has 0 heterocycles. The van der Waals surface area contributed by atoms with Crippen LogP contribution in [0.1, 0.15) is 23.7 Å². The lowest BCUT2D eigenvalue weighted by Gasteiger charge is -2.22. The average molecular weight is 267 g/mol. The van der Waals surface area contributed by atoms with E-state index in [1.54, 1.807) is 23.1 Å². The summed E-state index contributed by atoms with van der Waals surface area (Å²) in [5.41, 5.74) is 0.423. The van der Waals surface area contributed by atoms with Crippen LogP contribution in [0, 0.1) is 0 Å². The first kappa shape index (κ1) is 15.3. The van der Waals surface area contributed by atoms with Crippen molar-refractivity contribution in [3.63, 3.8) is 0 Å². The fraction of sp³-hybridized carbons (Fsp3) is 0.500. The van der Waals surface area contributed by atoms with Gasteiger partial charge in [0.1, 0.15) is 17.1 Å². The number of hydrogen-bond donors (Lipinski definition) is 1. The predicted octanol–water partition coefficient (Wildman–Crippen LogP) is 1.55. The lowest BCUT2D eigenvalue weighted by Crippen LogP contribution is -2.32. The zero-order valence-corrected chi connectivity index (χ0v) is 11.7. The second-order valence-corrected chi connectivity index (χ2v) is 4.00. The maximum atomic E-state index is 12.5. The molecule has 1 N–H and O–H groups in total. The molecule has 5 heteroatoms. The Morgan fingerprint density at radius 1 is 1.26 bits per heavy atom. The summed E-state index contributed by atoms with van der Waals surface area (Å²) in [7, 11) is 3.05. The van der Waals surface area contributed by atoms with Gasteiger partial charge in [0, 0.05) is 19.7 Å². The normalized spacial score (nSPS) is 10.1. The van der Waals surface area contributed by atoms with Gasteiger partial charge in [-0.2, -0.15) is 0 Å². The van der Waals surface area contributed by atoms with E-state index in [1.807, 2.05) is 6.92 Å². The number of carbonyl (C=O) groups is 1. The van der Waals surface area contributed by atoms with Crippen molar-refractivity contribution in [2.75, 3.05) is 33.9 Å². The van der Waals surface area contributed by atoms with Gasteiger partial charge in [0.25, 0.3) is 5.91 Å². The smallest absolute Gasteiger partial charge is 0.261 e. The number of carbonyl (C=O) groups excluding carboxylic acids is 1. The van der Waals surface area contributed by atoms with Crippen molar-refractivity contribution in [2.24, 2.45) is 0 Å². The van der Waals surface area contributed by atoms with Crippen molar-refractivity contribution >= 4 is 5.91 Å². The van der Waals surface area contributed by atoms with Crippen molar-refractivity contribution in [1.82, 2.24) is 4.90 Å². The van der Waals surface area contributed by atoms with E-state index in [-0.39, 0.29) is 12.5 Å². The van der Waals surface area contributed by atoms with Crippen molar-refractivity contribution in [3.8, 4) is 11.5 Å². The molecule has 0 saturated carbocycles. The molecule has 0 unspecified atom stereocenters. The summed E-state index contributed by atoms with van der Waals surface area (Å²) < 4.78 is 10.5. The Morgan fingerprint density at radius 2 is 1.84 bits per heavy atom. The summed E-state index contributed by atoms with van der Waals surface area (Å²) in [5.74, 6) is 0.837. The lowest BCUT2D eigenvalue weighted by molar-refractivity contribution is 0.0747. The lowest BCUT2D eigenvalue weighted by atomic mass is 10.1. The molecule has 1 aromatic carbocycles. The Balaban J connectivity index is 3.08. The third-order valence-corrected chi connectivity index (χ3v) is 2.90. The Hall–Kier alpha value is -1.75. The Bertz CT molecular complexity index is 398. The molecule has 0 aliphatic rings. The van der Waals surface area contributed by atoms with Crippen LogP contribution in [-0.2, 0) is 0 Å². The van der Waals surface area contributed by atoms with Crippen LogP contribution in [0.2, 0.25) is 0 Å². The maximum Gasteiger partial charge on any atom is 0.261 e. The number of methoxy groups -OCH3 is 2. The van der Waals surface area contributed by atoms with Gasteiger partial charge < -0.3 is 19.5 Å². The van der Waals surface area contributed by atoms with Crippen molar-refractivity contribution in [1.29, 1.82) is 0 Å². The Morgan fingerprint density at radius 3 is 2.26 bits per heavy atom. The van der Waals surface area contributed by atoms with Crippen molar-refractivity contribution < 1.29 is 19.4 Å². The summed E-state index contributed by atoms with van der Waals surface area (Å²) in [5, 5.41) is 8.88. The fourth-order valence-corrected chi connectivity index (χ4v) is 1.88. The molecular weight excluding hydrogens is 246 g/mol. The number of nitrogens with zero attached hydrogens (tertiary/aromatic N) is 1. The van der Waals surface area contributed by atoms with E-state index < -0.39 is 0 Å². The van der Waals surface area contributed by atoms with E-state index in [2.05, 4.69) is 0 Å². The van der Waals surface area contributed by atoms with Crippen LogP contribution in [0.15, 0.2) is 18.2 Å². The highest BCUT2D eigenvalue weighted by Gasteiger charge is 2.22. The highest BCUT2D eigenvalue weighted by molar-refractivity contribution is 5.99. The quantitative estimate of drug-likeness (QED) is 0.814. The fourth-order valence-electron chi connectivity index (χ4n) is 1.88. The number of rotatable bonds is 7. The van der Waals surface area contributed by atoms with Crippen LogP contribution < -0.4 is 9.47 Å². The van der Waals surface area contributed by atoms with Gasteiger partial charge >= 0.3 is 0 Å². The molecule has 0 bridgehead atoms. The summed E-state index contributed by atoms with van der Waals surface area (Å²) in [4.78, 5) is 14.2. The van der Waals surface area contributed by atoms with Crippen LogP contribution >= 0.6 is 0 Å². The molecule has 0 aliphatic heterocycles. The number of ether oxygens (including phenoxy) is 2. The average Bonchev–Trinajstić information content (AvgIpc) is 2.46.